The number of rotatable bonds is 6. The predicted molar refractivity (Wildman–Crippen MR) is 88.0 cm³/mol. The van der Waals surface area contributed by atoms with Crippen LogP contribution in [0.2, 0.25) is 10.0 Å². The lowest BCUT2D eigenvalue weighted by molar-refractivity contribution is -0.121. The van der Waals surface area contributed by atoms with E-state index in [0.29, 0.717) is 35.3 Å². The average molecular weight is 329 g/mol. The maximum Gasteiger partial charge on any atom is 0.220 e. The number of benzene rings is 1. The molecule has 116 valence electrons. The third-order valence-electron chi connectivity index (χ3n) is 3.99. The molecule has 0 bridgehead atoms. The summed E-state index contributed by atoms with van der Waals surface area (Å²) in [6.07, 6.45) is 4.69. The molecule has 0 radical (unpaired) electrons. The van der Waals surface area contributed by atoms with E-state index in [-0.39, 0.29) is 5.91 Å². The Balaban J connectivity index is 1.65. The van der Waals surface area contributed by atoms with Crippen molar-refractivity contribution in [2.75, 3.05) is 19.6 Å². The van der Waals surface area contributed by atoms with E-state index in [9.17, 15) is 4.79 Å². The van der Waals surface area contributed by atoms with Crippen LogP contribution in [0.5, 0.6) is 0 Å². The van der Waals surface area contributed by atoms with Gasteiger partial charge in [-0.25, -0.2) is 0 Å². The molecular weight excluding hydrogens is 307 g/mol. The van der Waals surface area contributed by atoms with Crippen molar-refractivity contribution in [2.24, 2.45) is 5.92 Å². The zero-order valence-corrected chi connectivity index (χ0v) is 13.6. The molecule has 1 aliphatic rings. The first-order valence-electron chi connectivity index (χ1n) is 7.57. The molecule has 1 aromatic rings. The Morgan fingerprint density at radius 1 is 1.29 bits per heavy atom. The SMILES string of the molecule is O=C(CCC1CCNCC1)NCCc1cccc(Cl)c1Cl. The Morgan fingerprint density at radius 3 is 2.81 bits per heavy atom. The van der Waals surface area contributed by atoms with Crippen LogP contribution in [0.3, 0.4) is 0 Å². The molecule has 0 unspecified atom stereocenters. The van der Waals surface area contributed by atoms with Crippen molar-refractivity contribution in [3.8, 4) is 0 Å². The van der Waals surface area contributed by atoms with Crippen LogP contribution in [-0.2, 0) is 11.2 Å². The lowest BCUT2D eigenvalue weighted by Crippen LogP contribution is -2.30. The molecule has 0 aromatic heterocycles. The Labute approximate surface area is 136 Å². The minimum absolute atomic E-state index is 0.131. The largest absolute Gasteiger partial charge is 0.356 e. The minimum atomic E-state index is 0.131. The van der Waals surface area contributed by atoms with Crippen LogP contribution < -0.4 is 10.6 Å². The highest BCUT2D eigenvalue weighted by Crippen LogP contribution is 2.25. The standard InChI is InChI=1S/C16H22Cl2N2O/c17-14-3-1-2-13(16(14)18)8-11-20-15(21)5-4-12-6-9-19-10-7-12/h1-3,12,19H,4-11H2,(H,20,21). The molecular formula is C16H22Cl2N2O. The summed E-state index contributed by atoms with van der Waals surface area (Å²) in [4.78, 5) is 11.8. The van der Waals surface area contributed by atoms with Gasteiger partial charge in [-0.1, -0.05) is 35.3 Å². The maximum atomic E-state index is 11.8. The average Bonchev–Trinajstić information content (AvgIpc) is 2.50. The molecule has 1 aromatic carbocycles. The zero-order valence-electron chi connectivity index (χ0n) is 12.1. The highest BCUT2D eigenvalue weighted by atomic mass is 35.5. The van der Waals surface area contributed by atoms with Crippen molar-refractivity contribution in [1.82, 2.24) is 10.6 Å². The quantitative estimate of drug-likeness (QED) is 0.839. The smallest absolute Gasteiger partial charge is 0.220 e. The molecule has 1 fully saturated rings. The number of amides is 1. The van der Waals surface area contributed by atoms with E-state index in [4.69, 9.17) is 23.2 Å². The summed E-state index contributed by atoms with van der Waals surface area (Å²) >= 11 is 12.1. The summed E-state index contributed by atoms with van der Waals surface area (Å²) in [5.41, 5.74) is 0.975. The number of nitrogens with one attached hydrogen (secondary N) is 2. The predicted octanol–water partition coefficient (Wildman–Crippen LogP) is 3.43. The van der Waals surface area contributed by atoms with Gasteiger partial charge in [0.2, 0.25) is 5.91 Å². The number of carbonyl (C=O) groups excluding carboxylic acids is 1. The van der Waals surface area contributed by atoms with Gasteiger partial charge in [0, 0.05) is 13.0 Å². The second-order valence-corrected chi connectivity index (χ2v) is 6.33. The summed E-state index contributed by atoms with van der Waals surface area (Å²) < 4.78 is 0. The molecule has 2 rings (SSSR count). The molecule has 0 atom stereocenters. The summed E-state index contributed by atoms with van der Waals surface area (Å²) in [5, 5.41) is 7.45. The van der Waals surface area contributed by atoms with Gasteiger partial charge in [0.15, 0.2) is 0 Å². The van der Waals surface area contributed by atoms with Crippen LogP contribution in [0.25, 0.3) is 0 Å². The van der Waals surface area contributed by atoms with Gasteiger partial charge < -0.3 is 10.6 Å². The van der Waals surface area contributed by atoms with E-state index in [0.717, 1.165) is 25.1 Å². The number of hydrogen-bond donors (Lipinski definition) is 2. The summed E-state index contributed by atoms with van der Waals surface area (Å²) in [6, 6.07) is 5.59. The van der Waals surface area contributed by atoms with Gasteiger partial charge in [0.1, 0.15) is 0 Å². The molecule has 1 saturated heterocycles. The normalized spacial score (nSPS) is 15.9. The van der Waals surface area contributed by atoms with Gasteiger partial charge in [-0.2, -0.15) is 0 Å². The fourth-order valence-corrected chi connectivity index (χ4v) is 3.09. The van der Waals surface area contributed by atoms with Crippen molar-refractivity contribution >= 4 is 29.1 Å². The molecule has 1 amide bonds. The number of piperidine rings is 1. The van der Waals surface area contributed by atoms with Crippen LogP contribution in [0.1, 0.15) is 31.2 Å². The first-order valence-corrected chi connectivity index (χ1v) is 8.32. The van der Waals surface area contributed by atoms with Gasteiger partial charge in [-0.05, 0) is 56.3 Å². The summed E-state index contributed by atoms with van der Waals surface area (Å²) in [6.45, 7) is 2.77. The number of carbonyl (C=O) groups is 1. The fourth-order valence-electron chi connectivity index (χ4n) is 2.67. The first kappa shape index (κ1) is 16.6. The van der Waals surface area contributed by atoms with Crippen molar-refractivity contribution in [2.45, 2.75) is 32.1 Å². The molecule has 1 aliphatic heterocycles. The van der Waals surface area contributed by atoms with Crippen LogP contribution in [0.4, 0.5) is 0 Å². The number of halogens is 2. The van der Waals surface area contributed by atoms with Gasteiger partial charge in [-0.3, -0.25) is 4.79 Å². The summed E-state index contributed by atoms with van der Waals surface area (Å²) in [7, 11) is 0. The maximum absolute atomic E-state index is 11.8. The van der Waals surface area contributed by atoms with Crippen molar-refractivity contribution in [3.63, 3.8) is 0 Å². The van der Waals surface area contributed by atoms with Crippen LogP contribution in [-0.4, -0.2) is 25.5 Å². The topological polar surface area (TPSA) is 41.1 Å². The van der Waals surface area contributed by atoms with E-state index in [1.165, 1.54) is 12.8 Å². The monoisotopic (exact) mass is 328 g/mol. The second kappa shape index (κ2) is 8.62. The Hall–Kier alpha value is -0.770. The van der Waals surface area contributed by atoms with E-state index >= 15 is 0 Å². The zero-order chi connectivity index (χ0) is 15.1. The van der Waals surface area contributed by atoms with Crippen LogP contribution in [0, 0.1) is 5.92 Å². The Kier molecular flexibility index (Phi) is 6.81. The molecule has 0 saturated carbocycles. The highest BCUT2D eigenvalue weighted by Gasteiger charge is 2.14. The van der Waals surface area contributed by atoms with E-state index in [2.05, 4.69) is 10.6 Å². The van der Waals surface area contributed by atoms with Crippen LogP contribution in [0.15, 0.2) is 18.2 Å². The highest BCUT2D eigenvalue weighted by molar-refractivity contribution is 6.42. The summed E-state index contributed by atoms with van der Waals surface area (Å²) in [5.74, 6) is 0.825. The van der Waals surface area contributed by atoms with Gasteiger partial charge in [0.25, 0.3) is 0 Å². The minimum Gasteiger partial charge on any atom is -0.356 e. The fraction of sp³-hybridized carbons (Fsp3) is 0.562. The molecule has 0 aliphatic carbocycles. The lowest BCUT2D eigenvalue weighted by atomic mass is 9.93. The Morgan fingerprint density at radius 2 is 2.05 bits per heavy atom. The first-order chi connectivity index (χ1) is 10.2. The van der Waals surface area contributed by atoms with Crippen LogP contribution >= 0.6 is 23.2 Å². The Bertz CT molecular complexity index is 473. The van der Waals surface area contributed by atoms with Crippen molar-refractivity contribution in [1.29, 1.82) is 0 Å². The molecule has 1 heterocycles. The van der Waals surface area contributed by atoms with Crippen molar-refractivity contribution < 1.29 is 4.79 Å². The van der Waals surface area contributed by atoms with E-state index in [1.54, 1.807) is 6.07 Å². The van der Waals surface area contributed by atoms with Gasteiger partial charge >= 0.3 is 0 Å². The lowest BCUT2D eigenvalue weighted by Gasteiger charge is -2.22. The molecule has 3 nitrogen and oxygen atoms in total. The van der Waals surface area contributed by atoms with E-state index < -0.39 is 0 Å². The van der Waals surface area contributed by atoms with Gasteiger partial charge in [-0.15, -0.1) is 0 Å². The molecule has 2 N–H and O–H groups in total. The number of hydrogen-bond acceptors (Lipinski definition) is 2. The second-order valence-electron chi connectivity index (χ2n) is 5.54. The molecule has 0 spiro atoms. The third kappa shape index (κ3) is 5.50. The molecule has 21 heavy (non-hydrogen) atoms. The van der Waals surface area contributed by atoms with E-state index in [1.807, 2.05) is 12.1 Å². The molecule has 5 heteroatoms. The van der Waals surface area contributed by atoms with Gasteiger partial charge in [0.05, 0.1) is 10.0 Å². The third-order valence-corrected chi connectivity index (χ3v) is 4.84. The van der Waals surface area contributed by atoms with Crippen molar-refractivity contribution in [3.05, 3.63) is 33.8 Å².